The maximum Gasteiger partial charge on any atom is 0.344 e. The number of nitrogens with zero attached hydrogens (tertiary/aromatic N) is 2. The Labute approximate surface area is 161 Å². The molecule has 26 heavy (non-hydrogen) atoms. The number of hydrogen-bond donors (Lipinski definition) is 1. The maximum atomic E-state index is 12.2. The number of amides is 1. The van der Waals surface area contributed by atoms with Gasteiger partial charge in [-0.05, 0) is 39.0 Å². The molecule has 0 aliphatic rings. The number of ether oxygens (including phenoxy) is 2. The first-order valence-corrected chi connectivity index (χ1v) is 8.53. The van der Waals surface area contributed by atoms with Gasteiger partial charge >= 0.3 is 5.97 Å². The summed E-state index contributed by atoms with van der Waals surface area (Å²) in [5, 5.41) is 7.66. The summed E-state index contributed by atoms with van der Waals surface area (Å²) < 4.78 is 12.0. The summed E-state index contributed by atoms with van der Waals surface area (Å²) in [4.78, 5) is 24.1. The predicted molar refractivity (Wildman–Crippen MR) is 98.8 cm³/mol. The molecule has 0 radical (unpaired) electrons. The Kier molecular flexibility index (Phi) is 6.50. The lowest BCUT2D eigenvalue weighted by Crippen LogP contribution is -2.32. The number of anilines is 1. The number of carbonyl (C=O) groups is 2. The molecule has 1 N–H and O–H groups in total. The lowest BCUT2D eigenvalue weighted by atomic mass is 10.3. The summed E-state index contributed by atoms with van der Waals surface area (Å²) >= 11 is 11.7. The van der Waals surface area contributed by atoms with Crippen LogP contribution in [-0.4, -0.2) is 34.4 Å². The lowest BCUT2D eigenvalue weighted by Gasteiger charge is -2.14. The second-order valence-corrected chi connectivity index (χ2v) is 6.50. The highest BCUT2D eigenvalue weighted by Gasteiger charge is 2.21. The predicted octanol–water partition coefficient (Wildman–Crippen LogP) is 3.29. The van der Waals surface area contributed by atoms with Crippen LogP contribution in [0.15, 0.2) is 18.2 Å². The first-order valence-electron chi connectivity index (χ1n) is 7.77. The van der Waals surface area contributed by atoms with E-state index in [0.29, 0.717) is 22.2 Å². The average Bonchev–Trinajstić information content (AvgIpc) is 2.80. The van der Waals surface area contributed by atoms with E-state index in [1.54, 1.807) is 30.8 Å². The smallest absolute Gasteiger partial charge is 0.344 e. The Morgan fingerprint density at radius 2 is 2.00 bits per heavy atom. The summed E-state index contributed by atoms with van der Waals surface area (Å²) in [6.45, 7) is 4.70. The molecular weight excluding hydrogens is 381 g/mol. The van der Waals surface area contributed by atoms with Gasteiger partial charge in [0.1, 0.15) is 5.75 Å². The van der Waals surface area contributed by atoms with E-state index in [1.807, 2.05) is 6.92 Å². The molecule has 2 aromatic rings. The molecule has 1 atom stereocenters. The fourth-order valence-electron chi connectivity index (χ4n) is 2.19. The number of carbonyl (C=O) groups excluding carboxylic acids is 2. The molecule has 0 spiro atoms. The standard InChI is InChI=1S/C17H19Cl2N3O4/c1-9-16(10(2)22(4)21-9)20-17(24)11(3)26-15(23)8-25-14-6-5-12(18)7-13(14)19/h5-7,11H,8H2,1-4H3,(H,20,24)/t11-/m1/s1. The molecule has 1 heterocycles. The first-order chi connectivity index (χ1) is 12.2. The number of benzene rings is 1. The van der Waals surface area contributed by atoms with Crippen molar-refractivity contribution in [3.63, 3.8) is 0 Å². The van der Waals surface area contributed by atoms with Gasteiger partial charge in [0, 0.05) is 12.1 Å². The van der Waals surface area contributed by atoms with Crippen LogP contribution in [0.1, 0.15) is 18.3 Å². The number of hydrogen-bond acceptors (Lipinski definition) is 5. The van der Waals surface area contributed by atoms with Crippen LogP contribution in [0, 0.1) is 13.8 Å². The van der Waals surface area contributed by atoms with Crippen molar-refractivity contribution in [2.75, 3.05) is 11.9 Å². The zero-order chi connectivity index (χ0) is 19.4. The molecule has 140 valence electrons. The maximum absolute atomic E-state index is 12.2. The summed E-state index contributed by atoms with van der Waals surface area (Å²) in [7, 11) is 1.78. The molecule has 2 rings (SSSR count). The minimum atomic E-state index is -0.995. The van der Waals surface area contributed by atoms with Gasteiger partial charge in [0.15, 0.2) is 12.7 Å². The van der Waals surface area contributed by atoms with E-state index in [0.717, 1.165) is 5.69 Å². The summed E-state index contributed by atoms with van der Waals surface area (Å²) in [6.07, 6.45) is -0.995. The third kappa shape index (κ3) is 4.89. The number of rotatable bonds is 6. The molecule has 0 fully saturated rings. The van der Waals surface area contributed by atoms with Gasteiger partial charge in [-0.3, -0.25) is 9.48 Å². The third-order valence-corrected chi connectivity index (χ3v) is 4.20. The van der Waals surface area contributed by atoms with E-state index in [4.69, 9.17) is 32.7 Å². The van der Waals surface area contributed by atoms with Crippen molar-refractivity contribution in [1.82, 2.24) is 9.78 Å². The fraction of sp³-hybridized carbons (Fsp3) is 0.353. The van der Waals surface area contributed by atoms with E-state index in [-0.39, 0.29) is 11.6 Å². The molecule has 1 aromatic heterocycles. The largest absolute Gasteiger partial charge is 0.480 e. The van der Waals surface area contributed by atoms with Crippen LogP contribution >= 0.6 is 23.2 Å². The number of aromatic nitrogens is 2. The average molecular weight is 400 g/mol. The van der Waals surface area contributed by atoms with Gasteiger partial charge in [-0.2, -0.15) is 5.10 Å². The molecule has 0 saturated heterocycles. The molecule has 1 aromatic carbocycles. The van der Waals surface area contributed by atoms with E-state index in [1.165, 1.54) is 13.0 Å². The molecular formula is C17H19Cl2N3O4. The number of nitrogens with one attached hydrogen (secondary N) is 1. The summed E-state index contributed by atoms with van der Waals surface area (Å²) in [5.41, 5.74) is 2.08. The van der Waals surface area contributed by atoms with E-state index >= 15 is 0 Å². The van der Waals surface area contributed by atoms with Crippen LogP contribution in [0.3, 0.4) is 0 Å². The zero-order valence-corrected chi connectivity index (χ0v) is 16.3. The minimum Gasteiger partial charge on any atom is -0.480 e. The van der Waals surface area contributed by atoms with Gasteiger partial charge in [0.05, 0.1) is 22.1 Å². The monoisotopic (exact) mass is 399 g/mol. The van der Waals surface area contributed by atoms with Gasteiger partial charge in [0.25, 0.3) is 5.91 Å². The Bertz CT molecular complexity index is 836. The third-order valence-electron chi connectivity index (χ3n) is 3.67. The molecule has 0 bridgehead atoms. The minimum absolute atomic E-state index is 0.276. The normalized spacial score (nSPS) is 11.8. The molecule has 9 heteroatoms. The van der Waals surface area contributed by atoms with Crippen molar-refractivity contribution in [1.29, 1.82) is 0 Å². The van der Waals surface area contributed by atoms with Crippen molar-refractivity contribution in [2.45, 2.75) is 26.9 Å². The number of halogens is 2. The van der Waals surface area contributed by atoms with Gasteiger partial charge in [-0.25, -0.2) is 4.79 Å². The van der Waals surface area contributed by atoms with E-state index < -0.39 is 18.0 Å². The van der Waals surface area contributed by atoms with Gasteiger partial charge in [0.2, 0.25) is 0 Å². The van der Waals surface area contributed by atoms with E-state index in [9.17, 15) is 9.59 Å². The van der Waals surface area contributed by atoms with E-state index in [2.05, 4.69) is 10.4 Å². The highest BCUT2D eigenvalue weighted by atomic mass is 35.5. The van der Waals surface area contributed by atoms with Crippen molar-refractivity contribution in [3.05, 3.63) is 39.6 Å². The topological polar surface area (TPSA) is 82.5 Å². The molecule has 7 nitrogen and oxygen atoms in total. The van der Waals surface area contributed by atoms with Crippen molar-refractivity contribution < 1.29 is 19.1 Å². The quantitative estimate of drug-likeness (QED) is 0.753. The second-order valence-electron chi connectivity index (χ2n) is 5.65. The number of esters is 1. The Balaban J connectivity index is 1.88. The van der Waals surface area contributed by atoms with Gasteiger partial charge in [-0.1, -0.05) is 23.2 Å². The SMILES string of the molecule is Cc1nn(C)c(C)c1NC(=O)[C@@H](C)OC(=O)COc1ccc(Cl)cc1Cl. The fourth-order valence-corrected chi connectivity index (χ4v) is 2.66. The summed E-state index contributed by atoms with van der Waals surface area (Å²) in [5.74, 6) is -0.855. The number of aryl methyl sites for hydroxylation is 2. The van der Waals surface area contributed by atoms with Crippen LogP contribution in [0.25, 0.3) is 0 Å². The van der Waals surface area contributed by atoms with Crippen LogP contribution in [0.4, 0.5) is 5.69 Å². The van der Waals surface area contributed by atoms with Crippen LogP contribution in [-0.2, 0) is 21.4 Å². The Morgan fingerprint density at radius 3 is 2.58 bits per heavy atom. The molecule has 0 aliphatic heterocycles. The first kappa shape index (κ1) is 20.1. The van der Waals surface area contributed by atoms with Gasteiger partial charge < -0.3 is 14.8 Å². The molecule has 0 aliphatic carbocycles. The van der Waals surface area contributed by atoms with Crippen LogP contribution in [0.5, 0.6) is 5.75 Å². The van der Waals surface area contributed by atoms with Crippen LogP contribution in [0.2, 0.25) is 10.0 Å². The second kappa shape index (κ2) is 8.42. The molecule has 1 amide bonds. The highest BCUT2D eigenvalue weighted by molar-refractivity contribution is 6.35. The molecule has 0 saturated carbocycles. The zero-order valence-electron chi connectivity index (χ0n) is 14.8. The lowest BCUT2D eigenvalue weighted by molar-refractivity contribution is -0.155. The Morgan fingerprint density at radius 1 is 1.31 bits per heavy atom. The molecule has 0 unspecified atom stereocenters. The highest BCUT2D eigenvalue weighted by Crippen LogP contribution is 2.27. The summed E-state index contributed by atoms with van der Waals surface area (Å²) in [6, 6.07) is 4.63. The Hall–Kier alpha value is -2.25. The van der Waals surface area contributed by atoms with Crippen LogP contribution < -0.4 is 10.1 Å². The van der Waals surface area contributed by atoms with Crippen molar-refractivity contribution >= 4 is 40.8 Å². The van der Waals surface area contributed by atoms with Crippen molar-refractivity contribution in [2.24, 2.45) is 7.05 Å². The van der Waals surface area contributed by atoms with Crippen molar-refractivity contribution in [3.8, 4) is 5.75 Å². The van der Waals surface area contributed by atoms with Gasteiger partial charge in [-0.15, -0.1) is 0 Å².